The molecule has 1 heterocycles. The van der Waals surface area contributed by atoms with E-state index < -0.39 is 0 Å². The molecule has 5 heteroatoms. The maximum absolute atomic E-state index is 11.5. The van der Waals surface area contributed by atoms with Crippen molar-refractivity contribution in [3.8, 4) is 0 Å². The Morgan fingerprint density at radius 3 is 2.81 bits per heavy atom. The number of carbonyl (C=O) groups is 1. The van der Waals surface area contributed by atoms with E-state index in [1.165, 1.54) is 18.6 Å². The van der Waals surface area contributed by atoms with Gasteiger partial charge in [-0.2, -0.15) is 0 Å². The van der Waals surface area contributed by atoms with Gasteiger partial charge in [0.25, 0.3) is 5.91 Å². The molecule has 0 aromatic carbocycles. The van der Waals surface area contributed by atoms with Gasteiger partial charge in [-0.05, 0) is 12.3 Å². The summed E-state index contributed by atoms with van der Waals surface area (Å²) in [6.45, 7) is 4.32. The lowest BCUT2D eigenvalue weighted by Gasteiger charge is -2.14. The van der Waals surface area contributed by atoms with Crippen LogP contribution in [0.2, 0.25) is 0 Å². The fourth-order valence-corrected chi connectivity index (χ4v) is 1.17. The zero-order valence-corrected chi connectivity index (χ0v) is 9.55. The minimum atomic E-state index is -0.387. The third-order valence-corrected chi connectivity index (χ3v) is 2.29. The van der Waals surface area contributed by atoms with Crippen LogP contribution in [0.25, 0.3) is 0 Å². The van der Waals surface area contributed by atoms with E-state index in [1.54, 1.807) is 0 Å². The van der Waals surface area contributed by atoms with Gasteiger partial charge in [0.2, 0.25) is 0 Å². The summed E-state index contributed by atoms with van der Waals surface area (Å²) in [6.07, 6.45) is 4.55. The highest BCUT2D eigenvalue weighted by Crippen LogP contribution is 2.04. The highest BCUT2D eigenvalue weighted by molar-refractivity contribution is 5.91. The first kappa shape index (κ1) is 12.6. The van der Waals surface area contributed by atoms with Gasteiger partial charge in [-0.3, -0.25) is 9.78 Å². The molecule has 0 radical (unpaired) electrons. The van der Waals surface area contributed by atoms with Crippen molar-refractivity contribution in [2.24, 2.45) is 5.92 Å². The van der Waals surface area contributed by atoms with Crippen LogP contribution < -0.4 is 5.32 Å². The maximum atomic E-state index is 11.5. The predicted molar refractivity (Wildman–Crippen MR) is 59.8 cm³/mol. The van der Waals surface area contributed by atoms with Gasteiger partial charge in [0, 0.05) is 18.9 Å². The number of carbonyl (C=O) groups excluding carboxylic acids is 1. The number of aliphatic hydroxyl groups excluding tert-OH is 1. The minimum Gasteiger partial charge on any atom is -0.393 e. The molecular formula is C11H17N3O2. The van der Waals surface area contributed by atoms with Gasteiger partial charge < -0.3 is 10.4 Å². The summed E-state index contributed by atoms with van der Waals surface area (Å²) in [7, 11) is 0. The van der Waals surface area contributed by atoms with Crippen LogP contribution >= 0.6 is 0 Å². The summed E-state index contributed by atoms with van der Waals surface area (Å²) in [4.78, 5) is 19.2. The number of nitrogens with zero attached hydrogens (tertiary/aromatic N) is 2. The number of hydrogen-bond acceptors (Lipinski definition) is 4. The number of hydrogen-bond donors (Lipinski definition) is 2. The highest BCUT2D eigenvalue weighted by atomic mass is 16.3. The van der Waals surface area contributed by atoms with Gasteiger partial charge in [-0.15, -0.1) is 0 Å². The van der Waals surface area contributed by atoms with Crippen LogP contribution in [0, 0.1) is 5.92 Å². The predicted octanol–water partition coefficient (Wildman–Crippen LogP) is 0.613. The first-order valence-electron chi connectivity index (χ1n) is 5.33. The summed E-state index contributed by atoms with van der Waals surface area (Å²) in [5, 5.41) is 12.2. The van der Waals surface area contributed by atoms with Crippen LogP contribution in [0.4, 0.5) is 0 Å². The van der Waals surface area contributed by atoms with Crippen molar-refractivity contribution in [1.29, 1.82) is 0 Å². The van der Waals surface area contributed by atoms with E-state index in [0.29, 0.717) is 18.7 Å². The fraction of sp³-hybridized carbons (Fsp3) is 0.545. The zero-order chi connectivity index (χ0) is 12.0. The van der Waals surface area contributed by atoms with E-state index in [1.807, 2.05) is 13.8 Å². The molecule has 0 aliphatic heterocycles. The average Bonchev–Trinajstić information content (AvgIpc) is 2.29. The van der Waals surface area contributed by atoms with Crippen molar-refractivity contribution in [2.75, 3.05) is 6.54 Å². The van der Waals surface area contributed by atoms with Crippen LogP contribution in [0.3, 0.4) is 0 Å². The van der Waals surface area contributed by atoms with Gasteiger partial charge in [-0.1, -0.05) is 13.8 Å². The molecule has 1 aromatic rings. The molecule has 0 fully saturated rings. The lowest BCUT2D eigenvalue weighted by molar-refractivity contribution is 0.0915. The van der Waals surface area contributed by atoms with Crippen LogP contribution in [0.15, 0.2) is 18.6 Å². The van der Waals surface area contributed by atoms with E-state index in [4.69, 9.17) is 0 Å². The van der Waals surface area contributed by atoms with E-state index >= 15 is 0 Å². The Morgan fingerprint density at radius 1 is 1.50 bits per heavy atom. The van der Waals surface area contributed by atoms with E-state index in [9.17, 15) is 9.90 Å². The van der Waals surface area contributed by atoms with Gasteiger partial charge in [0.05, 0.1) is 12.3 Å². The first-order valence-corrected chi connectivity index (χ1v) is 5.33. The molecule has 0 saturated heterocycles. The number of aromatic nitrogens is 2. The molecule has 0 aliphatic rings. The van der Waals surface area contributed by atoms with Gasteiger partial charge in [0.1, 0.15) is 5.69 Å². The highest BCUT2D eigenvalue weighted by Gasteiger charge is 2.10. The van der Waals surface area contributed by atoms with Crippen LogP contribution in [0.1, 0.15) is 30.8 Å². The van der Waals surface area contributed by atoms with Crippen molar-refractivity contribution >= 4 is 5.91 Å². The van der Waals surface area contributed by atoms with E-state index in [-0.39, 0.29) is 17.9 Å². The molecular weight excluding hydrogens is 206 g/mol. The topological polar surface area (TPSA) is 75.1 Å². The molecule has 0 spiro atoms. The molecule has 1 unspecified atom stereocenters. The number of aliphatic hydroxyl groups is 1. The van der Waals surface area contributed by atoms with Gasteiger partial charge >= 0.3 is 0 Å². The van der Waals surface area contributed by atoms with Gasteiger partial charge in [0.15, 0.2) is 0 Å². The molecule has 1 amide bonds. The Morgan fingerprint density at radius 2 is 2.25 bits per heavy atom. The standard InChI is InChI=1S/C11H17N3O2/c1-8(2)10(15)3-4-14-11(16)9-7-12-5-6-13-9/h5-8,10,15H,3-4H2,1-2H3,(H,14,16). The zero-order valence-electron chi connectivity index (χ0n) is 9.55. The fourth-order valence-electron chi connectivity index (χ4n) is 1.17. The molecule has 0 saturated carbocycles. The largest absolute Gasteiger partial charge is 0.393 e. The Kier molecular flexibility index (Phi) is 4.85. The maximum Gasteiger partial charge on any atom is 0.271 e. The molecule has 0 bridgehead atoms. The molecule has 2 N–H and O–H groups in total. The Hall–Kier alpha value is -1.49. The van der Waals surface area contributed by atoms with Crippen LogP contribution in [0.5, 0.6) is 0 Å². The Bertz CT molecular complexity index is 327. The smallest absolute Gasteiger partial charge is 0.271 e. The lowest BCUT2D eigenvalue weighted by Crippen LogP contribution is -2.29. The average molecular weight is 223 g/mol. The molecule has 16 heavy (non-hydrogen) atoms. The van der Waals surface area contributed by atoms with Crippen molar-refractivity contribution < 1.29 is 9.90 Å². The lowest BCUT2D eigenvalue weighted by atomic mass is 10.0. The minimum absolute atomic E-state index is 0.202. The molecule has 1 atom stereocenters. The van der Waals surface area contributed by atoms with Crippen LogP contribution in [-0.2, 0) is 0 Å². The second-order valence-electron chi connectivity index (χ2n) is 3.95. The van der Waals surface area contributed by atoms with Crippen LogP contribution in [-0.4, -0.2) is 33.6 Å². The third-order valence-electron chi connectivity index (χ3n) is 2.29. The van der Waals surface area contributed by atoms with Gasteiger partial charge in [-0.25, -0.2) is 4.98 Å². The first-order chi connectivity index (χ1) is 7.61. The Balaban J connectivity index is 2.31. The van der Waals surface area contributed by atoms with Crippen molar-refractivity contribution in [1.82, 2.24) is 15.3 Å². The third kappa shape index (κ3) is 3.94. The van der Waals surface area contributed by atoms with E-state index in [2.05, 4.69) is 15.3 Å². The summed E-state index contributed by atoms with van der Waals surface area (Å²) >= 11 is 0. The molecule has 0 aliphatic carbocycles. The number of nitrogens with one attached hydrogen (secondary N) is 1. The quantitative estimate of drug-likeness (QED) is 0.767. The molecule has 5 nitrogen and oxygen atoms in total. The monoisotopic (exact) mass is 223 g/mol. The summed E-state index contributed by atoms with van der Waals surface area (Å²) in [6, 6.07) is 0. The summed E-state index contributed by atoms with van der Waals surface area (Å²) in [5.41, 5.74) is 0.293. The summed E-state index contributed by atoms with van der Waals surface area (Å²) < 4.78 is 0. The van der Waals surface area contributed by atoms with Crippen molar-refractivity contribution in [3.05, 3.63) is 24.3 Å². The Labute approximate surface area is 94.9 Å². The number of amides is 1. The second kappa shape index (κ2) is 6.17. The number of rotatable bonds is 5. The molecule has 88 valence electrons. The second-order valence-corrected chi connectivity index (χ2v) is 3.95. The van der Waals surface area contributed by atoms with Crippen molar-refractivity contribution in [2.45, 2.75) is 26.4 Å². The normalized spacial score (nSPS) is 12.5. The van der Waals surface area contributed by atoms with Crippen molar-refractivity contribution in [3.63, 3.8) is 0 Å². The SMILES string of the molecule is CC(C)C(O)CCNC(=O)c1cnccn1. The molecule has 1 aromatic heterocycles. The van der Waals surface area contributed by atoms with E-state index in [0.717, 1.165) is 0 Å². The molecule has 1 rings (SSSR count). The summed E-state index contributed by atoms with van der Waals surface area (Å²) in [5.74, 6) is -0.0579.